The van der Waals surface area contributed by atoms with Gasteiger partial charge >= 0.3 is 0 Å². The largest absolute Gasteiger partial charge is 0.495 e. The fraction of sp³-hybridized carbons (Fsp3) is 0.158. The molecule has 1 aromatic heterocycles. The van der Waals surface area contributed by atoms with Crippen LogP contribution in [0.5, 0.6) is 11.5 Å². The lowest BCUT2D eigenvalue weighted by molar-refractivity contribution is 0.415. The highest BCUT2D eigenvalue weighted by atomic mass is 35.5. The molecule has 1 heterocycles. The molecular formula is C19H18Cl2N4O2. The molecule has 3 rings (SSSR count). The van der Waals surface area contributed by atoms with Crippen molar-refractivity contribution in [3.63, 3.8) is 0 Å². The van der Waals surface area contributed by atoms with Crippen LogP contribution in [-0.4, -0.2) is 24.2 Å². The Bertz CT molecular complexity index is 893. The van der Waals surface area contributed by atoms with Gasteiger partial charge in [-0.25, -0.2) is 4.98 Å². The van der Waals surface area contributed by atoms with Gasteiger partial charge in [0.25, 0.3) is 0 Å². The highest BCUT2D eigenvalue weighted by Crippen LogP contribution is 2.30. The first kappa shape index (κ1) is 19.1. The maximum atomic E-state index is 6.17. The monoisotopic (exact) mass is 404 g/mol. The lowest BCUT2D eigenvalue weighted by Crippen LogP contribution is -2.02. The number of nitrogens with zero attached hydrogens (tertiary/aromatic N) is 2. The SMILES string of the molecule is COc1ccc(Nc2cc(C)nc(Nc3ccc(OC)c(Cl)c3)n2)cc1Cl. The van der Waals surface area contributed by atoms with Crippen molar-refractivity contribution >= 4 is 46.3 Å². The van der Waals surface area contributed by atoms with E-state index in [1.54, 1.807) is 38.5 Å². The molecule has 0 saturated heterocycles. The molecule has 0 bridgehead atoms. The number of methoxy groups -OCH3 is 2. The first-order chi connectivity index (χ1) is 13.0. The van der Waals surface area contributed by atoms with E-state index in [1.807, 2.05) is 25.1 Å². The fourth-order valence-corrected chi connectivity index (χ4v) is 2.97. The van der Waals surface area contributed by atoms with Gasteiger partial charge in [0.15, 0.2) is 0 Å². The molecule has 8 heteroatoms. The van der Waals surface area contributed by atoms with E-state index in [1.165, 1.54) is 0 Å². The molecule has 0 fully saturated rings. The first-order valence-corrected chi connectivity index (χ1v) is 8.81. The van der Waals surface area contributed by atoms with Gasteiger partial charge in [-0.2, -0.15) is 4.98 Å². The number of nitrogens with one attached hydrogen (secondary N) is 2. The van der Waals surface area contributed by atoms with Crippen LogP contribution in [0.3, 0.4) is 0 Å². The third kappa shape index (κ3) is 4.72. The second-order valence-corrected chi connectivity index (χ2v) is 6.48. The molecule has 0 aliphatic heterocycles. The van der Waals surface area contributed by atoms with Crippen LogP contribution in [0.25, 0.3) is 0 Å². The fourth-order valence-electron chi connectivity index (χ4n) is 2.45. The van der Waals surface area contributed by atoms with Crippen molar-refractivity contribution in [3.05, 3.63) is 58.2 Å². The Hall–Kier alpha value is -2.70. The topological polar surface area (TPSA) is 68.3 Å². The molecule has 140 valence electrons. The van der Waals surface area contributed by atoms with Crippen LogP contribution < -0.4 is 20.1 Å². The zero-order valence-corrected chi connectivity index (χ0v) is 16.5. The van der Waals surface area contributed by atoms with Crippen LogP contribution in [0.15, 0.2) is 42.5 Å². The summed E-state index contributed by atoms with van der Waals surface area (Å²) in [5, 5.41) is 7.37. The minimum Gasteiger partial charge on any atom is -0.495 e. The molecule has 0 radical (unpaired) electrons. The van der Waals surface area contributed by atoms with Crippen molar-refractivity contribution in [1.29, 1.82) is 0 Å². The molecule has 0 unspecified atom stereocenters. The van der Waals surface area contributed by atoms with Crippen molar-refractivity contribution in [3.8, 4) is 11.5 Å². The molecule has 6 nitrogen and oxygen atoms in total. The van der Waals surface area contributed by atoms with Crippen LogP contribution in [0.4, 0.5) is 23.1 Å². The van der Waals surface area contributed by atoms with E-state index in [2.05, 4.69) is 20.6 Å². The number of aryl methyl sites for hydroxylation is 1. The number of halogens is 2. The summed E-state index contributed by atoms with van der Waals surface area (Å²) in [7, 11) is 3.15. The van der Waals surface area contributed by atoms with E-state index >= 15 is 0 Å². The van der Waals surface area contributed by atoms with Gasteiger partial charge in [-0.15, -0.1) is 0 Å². The van der Waals surface area contributed by atoms with Crippen LogP contribution >= 0.6 is 23.2 Å². The maximum absolute atomic E-state index is 6.17. The Morgan fingerprint density at radius 2 is 1.33 bits per heavy atom. The summed E-state index contributed by atoms with van der Waals surface area (Å²) < 4.78 is 10.3. The van der Waals surface area contributed by atoms with Crippen molar-refractivity contribution in [1.82, 2.24) is 9.97 Å². The molecule has 2 N–H and O–H groups in total. The smallest absolute Gasteiger partial charge is 0.229 e. The Balaban J connectivity index is 1.82. The van der Waals surface area contributed by atoms with Gasteiger partial charge in [-0.1, -0.05) is 23.2 Å². The maximum Gasteiger partial charge on any atom is 0.229 e. The lowest BCUT2D eigenvalue weighted by atomic mass is 10.3. The van der Waals surface area contributed by atoms with E-state index in [9.17, 15) is 0 Å². The Morgan fingerprint density at radius 3 is 1.85 bits per heavy atom. The summed E-state index contributed by atoms with van der Waals surface area (Å²) >= 11 is 12.3. The molecule has 3 aromatic rings. The summed E-state index contributed by atoms with van der Waals surface area (Å²) in [6.45, 7) is 1.89. The summed E-state index contributed by atoms with van der Waals surface area (Å²) in [6, 6.07) is 12.6. The van der Waals surface area contributed by atoms with Gasteiger partial charge in [0.1, 0.15) is 17.3 Å². The van der Waals surface area contributed by atoms with Crippen LogP contribution in [0, 0.1) is 6.92 Å². The first-order valence-electron chi connectivity index (χ1n) is 8.05. The minimum absolute atomic E-state index is 0.443. The molecule has 27 heavy (non-hydrogen) atoms. The molecule has 0 aliphatic rings. The molecule has 0 spiro atoms. The third-order valence-electron chi connectivity index (χ3n) is 3.69. The number of hydrogen-bond donors (Lipinski definition) is 2. The summed E-state index contributed by atoms with van der Waals surface area (Å²) in [6.07, 6.45) is 0. The summed E-state index contributed by atoms with van der Waals surface area (Å²) in [4.78, 5) is 8.89. The van der Waals surface area contributed by atoms with E-state index < -0.39 is 0 Å². The molecule has 2 aromatic carbocycles. The van der Waals surface area contributed by atoms with E-state index in [4.69, 9.17) is 32.7 Å². The minimum atomic E-state index is 0.443. The second kappa shape index (κ2) is 8.33. The van der Waals surface area contributed by atoms with Gasteiger partial charge in [0, 0.05) is 23.1 Å². The van der Waals surface area contributed by atoms with Crippen LogP contribution in [0.2, 0.25) is 10.0 Å². The van der Waals surface area contributed by atoms with Crippen molar-refractivity contribution in [2.75, 3.05) is 24.9 Å². The third-order valence-corrected chi connectivity index (χ3v) is 4.28. The predicted molar refractivity (Wildman–Crippen MR) is 109 cm³/mol. The molecule has 0 aliphatic carbocycles. The Kier molecular flexibility index (Phi) is 5.88. The number of ether oxygens (including phenoxy) is 2. The van der Waals surface area contributed by atoms with E-state index in [0.717, 1.165) is 17.1 Å². The number of hydrogen-bond acceptors (Lipinski definition) is 6. The van der Waals surface area contributed by atoms with Crippen molar-refractivity contribution < 1.29 is 9.47 Å². The molecular weight excluding hydrogens is 387 g/mol. The predicted octanol–water partition coefficient (Wildman–Crippen LogP) is 5.60. The zero-order chi connectivity index (χ0) is 19.4. The summed E-state index contributed by atoms with van der Waals surface area (Å²) in [5.74, 6) is 2.29. The van der Waals surface area contributed by atoms with Crippen molar-refractivity contribution in [2.24, 2.45) is 0 Å². The highest BCUT2D eigenvalue weighted by Gasteiger charge is 2.07. The van der Waals surface area contributed by atoms with Gasteiger partial charge in [0.05, 0.1) is 24.3 Å². The quantitative estimate of drug-likeness (QED) is 0.557. The van der Waals surface area contributed by atoms with Gasteiger partial charge in [-0.05, 0) is 43.3 Å². The van der Waals surface area contributed by atoms with E-state index in [-0.39, 0.29) is 0 Å². The highest BCUT2D eigenvalue weighted by molar-refractivity contribution is 6.32. The Morgan fingerprint density at radius 1 is 0.778 bits per heavy atom. The second-order valence-electron chi connectivity index (χ2n) is 5.67. The van der Waals surface area contributed by atoms with Crippen LogP contribution in [0.1, 0.15) is 5.69 Å². The zero-order valence-electron chi connectivity index (χ0n) is 15.0. The number of benzene rings is 2. The number of aromatic nitrogens is 2. The lowest BCUT2D eigenvalue weighted by Gasteiger charge is -2.12. The molecule has 0 atom stereocenters. The van der Waals surface area contributed by atoms with Gasteiger partial charge in [0.2, 0.25) is 5.95 Å². The average Bonchev–Trinajstić information content (AvgIpc) is 2.61. The number of rotatable bonds is 6. The number of anilines is 4. The summed E-state index contributed by atoms with van der Waals surface area (Å²) in [5.41, 5.74) is 2.34. The average molecular weight is 405 g/mol. The van der Waals surface area contributed by atoms with E-state index in [0.29, 0.717) is 33.3 Å². The Labute approximate surface area is 167 Å². The molecule has 0 amide bonds. The van der Waals surface area contributed by atoms with Gasteiger partial charge < -0.3 is 20.1 Å². The standard InChI is InChI=1S/C19H18Cl2N4O2/c1-11-8-18(23-12-4-6-16(26-2)14(20)9-12)25-19(22-11)24-13-5-7-17(27-3)15(21)10-13/h4-10H,1-3H3,(H2,22,23,24,25). The van der Waals surface area contributed by atoms with Gasteiger partial charge in [-0.3, -0.25) is 0 Å². The van der Waals surface area contributed by atoms with Crippen LogP contribution in [-0.2, 0) is 0 Å². The normalized spacial score (nSPS) is 10.4. The molecule has 0 saturated carbocycles. The van der Waals surface area contributed by atoms with Crippen molar-refractivity contribution in [2.45, 2.75) is 6.92 Å².